The molecule has 3 heteroatoms. The van der Waals surface area contributed by atoms with Gasteiger partial charge in [-0.05, 0) is 26.0 Å². The first-order valence-corrected chi connectivity index (χ1v) is 5.81. The second-order valence-electron chi connectivity index (χ2n) is 4.21. The lowest BCUT2D eigenvalue weighted by molar-refractivity contribution is 0.432. The third-order valence-corrected chi connectivity index (χ3v) is 3.28. The summed E-state index contributed by atoms with van der Waals surface area (Å²) in [5.41, 5.74) is 1.15. The Labute approximate surface area is 96.2 Å². The van der Waals surface area contributed by atoms with E-state index in [-0.39, 0.29) is 0 Å². The summed E-state index contributed by atoms with van der Waals surface area (Å²) in [6.07, 6.45) is 0. The maximum Gasteiger partial charge on any atom is 0.0639 e. The lowest BCUT2D eigenvalue weighted by atomic mass is 10.1. The summed E-state index contributed by atoms with van der Waals surface area (Å²) in [4.78, 5) is 2.40. The van der Waals surface area contributed by atoms with E-state index in [0.717, 1.165) is 23.8 Å². The standard InChI is InChI=1S/C12H17ClN2/c1-9-7-14-8-10(2)15(9)12-6-4-3-5-11(12)13/h3-6,9-10,14H,7-8H2,1-2H3. The summed E-state index contributed by atoms with van der Waals surface area (Å²) < 4.78 is 0. The number of anilines is 1. The number of hydrogen-bond donors (Lipinski definition) is 1. The summed E-state index contributed by atoms with van der Waals surface area (Å²) in [6.45, 7) is 6.50. The van der Waals surface area contributed by atoms with Crippen LogP contribution in [0.4, 0.5) is 5.69 Å². The fourth-order valence-corrected chi connectivity index (χ4v) is 2.50. The van der Waals surface area contributed by atoms with E-state index in [0.29, 0.717) is 12.1 Å². The molecule has 0 amide bonds. The molecule has 1 fully saturated rings. The van der Waals surface area contributed by atoms with Gasteiger partial charge in [0.1, 0.15) is 0 Å². The monoisotopic (exact) mass is 224 g/mol. The maximum atomic E-state index is 6.23. The highest BCUT2D eigenvalue weighted by Crippen LogP contribution is 2.29. The van der Waals surface area contributed by atoms with Crippen molar-refractivity contribution in [1.82, 2.24) is 5.32 Å². The van der Waals surface area contributed by atoms with Crippen LogP contribution in [0, 0.1) is 0 Å². The highest BCUT2D eigenvalue weighted by atomic mass is 35.5. The minimum atomic E-state index is 0.494. The van der Waals surface area contributed by atoms with Crippen LogP contribution in [0.3, 0.4) is 0 Å². The first-order chi connectivity index (χ1) is 7.20. The molecular weight excluding hydrogens is 208 g/mol. The third kappa shape index (κ3) is 2.11. The molecule has 1 saturated heterocycles. The van der Waals surface area contributed by atoms with Crippen molar-refractivity contribution in [1.29, 1.82) is 0 Å². The molecule has 82 valence electrons. The zero-order chi connectivity index (χ0) is 10.8. The molecule has 0 saturated carbocycles. The number of nitrogens with zero attached hydrogens (tertiary/aromatic N) is 1. The van der Waals surface area contributed by atoms with Crippen molar-refractivity contribution in [2.75, 3.05) is 18.0 Å². The first kappa shape index (κ1) is 10.8. The summed E-state index contributed by atoms with van der Waals surface area (Å²) in [6, 6.07) is 9.06. The van der Waals surface area contributed by atoms with Crippen LogP contribution in [0.1, 0.15) is 13.8 Å². The van der Waals surface area contributed by atoms with Crippen molar-refractivity contribution in [3.8, 4) is 0 Å². The highest BCUT2D eigenvalue weighted by Gasteiger charge is 2.25. The molecule has 1 heterocycles. The molecule has 1 aliphatic rings. The van der Waals surface area contributed by atoms with Gasteiger partial charge in [-0.1, -0.05) is 23.7 Å². The van der Waals surface area contributed by atoms with Crippen molar-refractivity contribution in [3.63, 3.8) is 0 Å². The van der Waals surface area contributed by atoms with E-state index in [1.807, 2.05) is 18.2 Å². The van der Waals surface area contributed by atoms with Gasteiger partial charge in [-0.3, -0.25) is 0 Å². The van der Waals surface area contributed by atoms with Gasteiger partial charge in [-0.25, -0.2) is 0 Å². The lowest BCUT2D eigenvalue weighted by Gasteiger charge is -2.41. The zero-order valence-electron chi connectivity index (χ0n) is 9.20. The van der Waals surface area contributed by atoms with E-state index >= 15 is 0 Å². The molecule has 1 aliphatic heterocycles. The van der Waals surface area contributed by atoms with Crippen LogP contribution in [0.15, 0.2) is 24.3 Å². The van der Waals surface area contributed by atoms with Gasteiger partial charge in [0, 0.05) is 25.2 Å². The Morgan fingerprint density at radius 3 is 2.40 bits per heavy atom. The second-order valence-corrected chi connectivity index (χ2v) is 4.62. The largest absolute Gasteiger partial charge is 0.362 e. The molecule has 2 rings (SSSR count). The van der Waals surface area contributed by atoms with Gasteiger partial charge < -0.3 is 10.2 Å². The van der Waals surface area contributed by atoms with Gasteiger partial charge in [0.05, 0.1) is 10.7 Å². The Bertz CT molecular complexity index is 330. The molecular formula is C12H17ClN2. The van der Waals surface area contributed by atoms with Gasteiger partial charge in [0.2, 0.25) is 0 Å². The molecule has 2 unspecified atom stereocenters. The van der Waals surface area contributed by atoms with E-state index < -0.39 is 0 Å². The fourth-order valence-electron chi connectivity index (χ4n) is 2.27. The molecule has 1 N–H and O–H groups in total. The molecule has 2 atom stereocenters. The van der Waals surface area contributed by atoms with Gasteiger partial charge in [-0.2, -0.15) is 0 Å². The molecule has 0 bridgehead atoms. The van der Waals surface area contributed by atoms with Crippen molar-refractivity contribution >= 4 is 17.3 Å². The minimum absolute atomic E-state index is 0.494. The van der Waals surface area contributed by atoms with E-state index in [1.165, 1.54) is 0 Å². The second kappa shape index (κ2) is 4.42. The van der Waals surface area contributed by atoms with Crippen molar-refractivity contribution < 1.29 is 0 Å². The van der Waals surface area contributed by atoms with E-state index in [9.17, 15) is 0 Å². The van der Waals surface area contributed by atoms with Crippen LogP contribution in [-0.2, 0) is 0 Å². The fraction of sp³-hybridized carbons (Fsp3) is 0.500. The predicted molar refractivity (Wildman–Crippen MR) is 65.7 cm³/mol. The Kier molecular flexibility index (Phi) is 3.17. The van der Waals surface area contributed by atoms with Crippen molar-refractivity contribution in [2.45, 2.75) is 25.9 Å². The maximum absolute atomic E-state index is 6.23. The number of benzene rings is 1. The zero-order valence-corrected chi connectivity index (χ0v) is 9.96. The van der Waals surface area contributed by atoms with E-state index in [1.54, 1.807) is 0 Å². The van der Waals surface area contributed by atoms with Gasteiger partial charge in [0.15, 0.2) is 0 Å². The molecule has 1 aromatic carbocycles. The number of nitrogens with one attached hydrogen (secondary N) is 1. The van der Waals surface area contributed by atoms with Gasteiger partial charge in [-0.15, -0.1) is 0 Å². The Balaban J connectivity index is 2.31. The summed E-state index contributed by atoms with van der Waals surface area (Å²) in [5.74, 6) is 0. The average Bonchev–Trinajstić information content (AvgIpc) is 2.20. The van der Waals surface area contributed by atoms with E-state index in [2.05, 4.69) is 30.1 Å². The quantitative estimate of drug-likeness (QED) is 0.789. The first-order valence-electron chi connectivity index (χ1n) is 5.43. The topological polar surface area (TPSA) is 15.3 Å². The number of piperazine rings is 1. The molecule has 15 heavy (non-hydrogen) atoms. The number of hydrogen-bond acceptors (Lipinski definition) is 2. The van der Waals surface area contributed by atoms with Crippen molar-refractivity contribution in [2.24, 2.45) is 0 Å². The number of para-hydroxylation sites is 1. The van der Waals surface area contributed by atoms with Gasteiger partial charge in [0.25, 0.3) is 0 Å². The molecule has 0 radical (unpaired) electrons. The van der Waals surface area contributed by atoms with Crippen LogP contribution in [0.2, 0.25) is 5.02 Å². The Morgan fingerprint density at radius 2 is 1.80 bits per heavy atom. The van der Waals surface area contributed by atoms with Crippen LogP contribution >= 0.6 is 11.6 Å². The number of rotatable bonds is 1. The van der Waals surface area contributed by atoms with Crippen molar-refractivity contribution in [3.05, 3.63) is 29.3 Å². The van der Waals surface area contributed by atoms with Crippen LogP contribution in [0.25, 0.3) is 0 Å². The highest BCUT2D eigenvalue weighted by molar-refractivity contribution is 6.33. The van der Waals surface area contributed by atoms with Gasteiger partial charge >= 0.3 is 0 Å². The number of halogens is 1. The van der Waals surface area contributed by atoms with Crippen LogP contribution in [0.5, 0.6) is 0 Å². The van der Waals surface area contributed by atoms with E-state index in [4.69, 9.17) is 11.6 Å². The van der Waals surface area contributed by atoms with Crippen LogP contribution in [-0.4, -0.2) is 25.2 Å². The Morgan fingerprint density at radius 1 is 1.20 bits per heavy atom. The lowest BCUT2D eigenvalue weighted by Crippen LogP contribution is -2.55. The molecule has 2 nitrogen and oxygen atoms in total. The summed E-state index contributed by atoms with van der Waals surface area (Å²) in [7, 11) is 0. The normalized spacial score (nSPS) is 26.7. The average molecular weight is 225 g/mol. The third-order valence-electron chi connectivity index (χ3n) is 2.96. The molecule has 0 aliphatic carbocycles. The smallest absolute Gasteiger partial charge is 0.0639 e. The summed E-state index contributed by atoms with van der Waals surface area (Å²) >= 11 is 6.23. The summed E-state index contributed by atoms with van der Waals surface area (Å²) in [5, 5.41) is 4.26. The minimum Gasteiger partial charge on any atom is -0.362 e. The SMILES string of the molecule is CC1CNCC(C)N1c1ccccc1Cl. The van der Waals surface area contributed by atoms with Crippen LogP contribution < -0.4 is 10.2 Å². The predicted octanol–water partition coefficient (Wildman–Crippen LogP) is 2.53. The molecule has 0 spiro atoms. The molecule has 1 aromatic rings. The molecule has 0 aromatic heterocycles. The Hall–Kier alpha value is -0.730.